The lowest BCUT2D eigenvalue weighted by atomic mass is 10.1. The second-order valence-corrected chi connectivity index (χ2v) is 4.27. The highest BCUT2D eigenvalue weighted by molar-refractivity contribution is 7.80. The van der Waals surface area contributed by atoms with E-state index < -0.39 is 22.3 Å². The van der Waals surface area contributed by atoms with Crippen molar-refractivity contribution in [3.8, 4) is 0 Å². The van der Waals surface area contributed by atoms with Gasteiger partial charge < -0.3 is 15.0 Å². The number of hydrogen-bond donors (Lipinski definition) is 2. The van der Waals surface area contributed by atoms with Crippen LogP contribution in [0.25, 0.3) is 0 Å². The Labute approximate surface area is 99.9 Å². The molecular formula is C10H10NO5S-. The molecule has 0 fully saturated rings. The monoisotopic (exact) mass is 256 g/mol. The zero-order valence-corrected chi connectivity index (χ0v) is 9.69. The van der Waals surface area contributed by atoms with Crippen LogP contribution in [0, 0.1) is 0 Å². The van der Waals surface area contributed by atoms with Crippen molar-refractivity contribution in [3.63, 3.8) is 0 Å². The number of rotatable bonds is 4. The van der Waals surface area contributed by atoms with Crippen LogP contribution in [-0.4, -0.2) is 25.7 Å². The lowest BCUT2D eigenvalue weighted by Crippen LogP contribution is -2.16. The van der Waals surface area contributed by atoms with Crippen LogP contribution in [0.4, 0.5) is 5.69 Å². The van der Waals surface area contributed by atoms with Gasteiger partial charge in [-0.2, -0.15) is 0 Å². The number of carboxylic acids is 1. The lowest BCUT2D eigenvalue weighted by Gasteiger charge is -2.15. The van der Waals surface area contributed by atoms with Crippen molar-refractivity contribution < 1.29 is 23.5 Å². The van der Waals surface area contributed by atoms with E-state index in [9.17, 15) is 18.4 Å². The zero-order valence-electron chi connectivity index (χ0n) is 8.88. The average Bonchev–Trinajstić information content (AvgIpc) is 2.18. The molecule has 0 aromatic heterocycles. The van der Waals surface area contributed by atoms with E-state index in [2.05, 4.69) is 5.32 Å². The number of amides is 1. The molecule has 0 bridgehead atoms. The number of benzene rings is 1. The van der Waals surface area contributed by atoms with E-state index in [4.69, 9.17) is 5.11 Å². The predicted molar refractivity (Wildman–Crippen MR) is 60.0 cm³/mol. The molecule has 1 aromatic rings. The van der Waals surface area contributed by atoms with E-state index in [1.807, 2.05) is 0 Å². The number of anilines is 1. The Morgan fingerprint density at radius 1 is 1.35 bits per heavy atom. The molecule has 92 valence electrons. The van der Waals surface area contributed by atoms with Gasteiger partial charge >= 0.3 is 5.97 Å². The molecule has 0 heterocycles. The van der Waals surface area contributed by atoms with Crippen LogP contribution in [0.3, 0.4) is 0 Å². The van der Waals surface area contributed by atoms with Gasteiger partial charge in [-0.3, -0.25) is 13.8 Å². The molecule has 2 unspecified atom stereocenters. The molecule has 2 atom stereocenters. The van der Waals surface area contributed by atoms with E-state index in [0.717, 1.165) is 0 Å². The summed E-state index contributed by atoms with van der Waals surface area (Å²) in [5, 5.41) is 9.64. The molecule has 1 aromatic carbocycles. The number of carbonyl (C=O) groups is 2. The molecular weight excluding hydrogens is 246 g/mol. The van der Waals surface area contributed by atoms with Crippen molar-refractivity contribution in [1.82, 2.24) is 0 Å². The minimum Gasteiger partial charge on any atom is -0.771 e. The fraction of sp³-hybridized carbons (Fsp3) is 0.200. The normalized spacial score (nSPS) is 13.8. The molecule has 0 aliphatic carbocycles. The third-order valence-electron chi connectivity index (χ3n) is 1.95. The molecule has 1 amide bonds. The highest BCUT2D eigenvalue weighted by Crippen LogP contribution is 2.21. The first-order valence-corrected chi connectivity index (χ1v) is 5.74. The van der Waals surface area contributed by atoms with Crippen molar-refractivity contribution in [2.75, 3.05) is 5.32 Å². The molecule has 0 saturated heterocycles. The Kier molecular flexibility index (Phi) is 4.36. The molecule has 1 rings (SSSR count). The van der Waals surface area contributed by atoms with E-state index in [-0.39, 0.29) is 11.5 Å². The molecule has 0 saturated carbocycles. The standard InChI is InChI=1S/C10H11NO5S/c1-6(12)11-8-4-2-7(3-5-8)9(10(13)14)17(15)16/h2-5,9H,1H3,(H,11,12)(H,13,14)(H,15,16)/p-1. The van der Waals surface area contributed by atoms with Crippen molar-refractivity contribution in [2.24, 2.45) is 0 Å². The molecule has 0 spiro atoms. The van der Waals surface area contributed by atoms with Gasteiger partial charge in [0.2, 0.25) is 5.91 Å². The summed E-state index contributed by atoms with van der Waals surface area (Å²) in [6, 6.07) is 5.58. The minimum atomic E-state index is -2.74. The maximum absolute atomic E-state index is 10.8. The Hall–Kier alpha value is -1.73. The van der Waals surface area contributed by atoms with E-state index >= 15 is 0 Å². The van der Waals surface area contributed by atoms with Crippen molar-refractivity contribution in [3.05, 3.63) is 29.8 Å². The quantitative estimate of drug-likeness (QED) is 0.769. The van der Waals surface area contributed by atoms with E-state index in [1.54, 1.807) is 0 Å². The van der Waals surface area contributed by atoms with E-state index in [1.165, 1.54) is 31.2 Å². The second kappa shape index (κ2) is 5.55. The topological polar surface area (TPSA) is 107 Å². The molecule has 7 heteroatoms. The van der Waals surface area contributed by atoms with Gasteiger partial charge in [0.25, 0.3) is 0 Å². The van der Waals surface area contributed by atoms with Crippen LogP contribution in [0.2, 0.25) is 0 Å². The summed E-state index contributed by atoms with van der Waals surface area (Å²) < 4.78 is 21.5. The minimum absolute atomic E-state index is 0.139. The van der Waals surface area contributed by atoms with Crippen molar-refractivity contribution >= 4 is 28.6 Å². The van der Waals surface area contributed by atoms with E-state index in [0.29, 0.717) is 5.69 Å². The predicted octanol–water partition coefficient (Wildman–Crippen LogP) is 0.650. The molecule has 6 nitrogen and oxygen atoms in total. The Morgan fingerprint density at radius 2 is 1.88 bits per heavy atom. The van der Waals surface area contributed by atoms with Gasteiger partial charge in [-0.25, -0.2) is 0 Å². The highest BCUT2D eigenvalue weighted by Gasteiger charge is 2.20. The smallest absolute Gasteiger partial charge is 0.322 e. The van der Waals surface area contributed by atoms with Gasteiger partial charge in [-0.15, -0.1) is 0 Å². The summed E-state index contributed by atoms with van der Waals surface area (Å²) in [5.41, 5.74) is 0.613. The summed E-state index contributed by atoms with van der Waals surface area (Å²) >= 11 is -2.74. The number of carbonyl (C=O) groups excluding carboxylic acids is 1. The first-order chi connectivity index (χ1) is 7.91. The second-order valence-electron chi connectivity index (χ2n) is 3.28. The van der Waals surface area contributed by atoms with Crippen LogP contribution in [0.5, 0.6) is 0 Å². The van der Waals surface area contributed by atoms with Gasteiger partial charge in [-0.1, -0.05) is 12.1 Å². The third-order valence-corrected chi connectivity index (χ3v) is 2.81. The van der Waals surface area contributed by atoms with Crippen LogP contribution >= 0.6 is 0 Å². The van der Waals surface area contributed by atoms with Gasteiger partial charge in [0, 0.05) is 12.6 Å². The average molecular weight is 256 g/mol. The summed E-state index contributed by atoms with van der Waals surface area (Å²) in [6.45, 7) is 1.33. The number of hydrogen-bond acceptors (Lipinski definition) is 4. The van der Waals surface area contributed by atoms with Crippen LogP contribution < -0.4 is 5.32 Å². The van der Waals surface area contributed by atoms with Gasteiger partial charge in [0.15, 0.2) is 0 Å². The SMILES string of the molecule is CC(=O)Nc1ccc(C(C(=O)O)S(=O)[O-])cc1. The van der Waals surface area contributed by atoms with Gasteiger partial charge in [0.1, 0.15) is 5.25 Å². The van der Waals surface area contributed by atoms with Crippen molar-refractivity contribution in [1.29, 1.82) is 0 Å². The molecule has 17 heavy (non-hydrogen) atoms. The number of nitrogens with one attached hydrogen (secondary N) is 1. The summed E-state index contributed by atoms with van der Waals surface area (Å²) in [4.78, 5) is 21.5. The summed E-state index contributed by atoms with van der Waals surface area (Å²) in [5.74, 6) is -1.70. The van der Waals surface area contributed by atoms with Crippen LogP contribution in [-0.2, 0) is 20.7 Å². The molecule has 0 aliphatic rings. The fourth-order valence-electron chi connectivity index (χ4n) is 1.28. The zero-order chi connectivity index (χ0) is 13.0. The maximum Gasteiger partial charge on any atom is 0.322 e. The Balaban J connectivity index is 2.96. The van der Waals surface area contributed by atoms with Gasteiger partial charge in [-0.05, 0) is 28.8 Å². The van der Waals surface area contributed by atoms with Gasteiger partial charge in [0.05, 0.1) is 0 Å². The summed E-state index contributed by atoms with van der Waals surface area (Å²) in [7, 11) is 0. The third kappa shape index (κ3) is 3.65. The Morgan fingerprint density at radius 3 is 2.24 bits per heavy atom. The first kappa shape index (κ1) is 13.3. The largest absolute Gasteiger partial charge is 0.771 e. The Bertz CT molecular complexity index is 442. The highest BCUT2D eigenvalue weighted by atomic mass is 32.2. The lowest BCUT2D eigenvalue weighted by molar-refractivity contribution is -0.136. The summed E-state index contributed by atoms with van der Waals surface area (Å²) in [6.07, 6.45) is 0. The molecule has 0 radical (unpaired) electrons. The number of aliphatic carboxylic acids is 1. The molecule has 0 aliphatic heterocycles. The fourth-order valence-corrected chi connectivity index (χ4v) is 1.82. The molecule has 2 N–H and O–H groups in total. The van der Waals surface area contributed by atoms with Crippen LogP contribution in [0.1, 0.15) is 17.7 Å². The van der Waals surface area contributed by atoms with Crippen molar-refractivity contribution in [2.45, 2.75) is 12.2 Å². The number of carboxylic acid groups (broad SMARTS) is 1. The maximum atomic E-state index is 10.8. The van der Waals surface area contributed by atoms with Crippen LogP contribution in [0.15, 0.2) is 24.3 Å². The first-order valence-electron chi connectivity index (χ1n) is 4.60.